The first kappa shape index (κ1) is 29.1. The van der Waals surface area contributed by atoms with E-state index in [1.165, 1.54) is 0 Å². The molecule has 0 bridgehead atoms. The molecule has 214 valence electrons. The molecule has 1 heterocycles. The average Bonchev–Trinajstić information content (AvgIpc) is 3.46. The Morgan fingerprint density at radius 3 is 1.90 bits per heavy atom. The summed E-state index contributed by atoms with van der Waals surface area (Å²) in [6.07, 6.45) is -1.21. The molecule has 0 saturated carbocycles. The van der Waals surface area contributed by atoms with Crippen LogP contribution in [0, 0.1) is 0 Å². The topological polar surface area (TPSA) is 82.1 Å². The van der Waals surface area contributed by atoms with Crippen LogP contribution in [0.25, 0.3) is 0 Å². The van der Waals surface area contributed by atoms with Crippen molar-refractivity contribution in [2.75, 3.05) is 13.4 Å². The summed E-state index contributed by atoms with van der Waals surface area (Å²) in [6.45, 7) is 6.77. The van der Waals surface area contributed by atoms with Gasteiger partial charge in [-0.15, -0.1) is 0 Å². The number of ether oxygens (including phenoxy) is 2. The first-order valence-corrected chi connectivity index (χ1v) is 17.2. The van der Waals surface area contributed by atoms with E-state index in [2.05, 4.69) is 45.0 Å². The van der Waals surface area contributed by atoms with E-state index in [1.807, 2.05) is 36.4 Å². The minimum absolute atomic E-state index is 0.0902. The molecule has 4 aromatic carbocycles. The van der Waals surface area contributed by atoms with E-state index in [0.29, 0.717) is 17.1 Å². The first-order chi connectivity index (χ1) is 19.6. The van der Waals surface area contributed by atoms with E-state index < -0.39 is 29.5 Å². The van der Waals surface area contributed by atoms with E-state index in [9.17, 15) is 13.5 Å². The maximum absolute atomic E-state index is 14.0. The number of benzene rings is 4. The highest BCUT2D eigenvalue weighted by Gasteiger charge is 2.50. The molecule has 0 radical (unpaired) electrons. The van der Waals surface area contributed by atoms with Crippen LogP contribution in [0.3, 0.4) is 0 Å². The predicted octanol–water partition coefficient (Wildman–Crippen LogP) is 5.26. The Labute approximate surface area is 243 Å². The maximum Gasteiger partial charge on any atom is 0.261 e. The summed E-state index contributed by atoms with van der Waals surface area (Å²) in [5.41, 5.74) is 0.448. The number of aliphatic hydroxyl groups excluding tert-OH is 1. The van der Waals surface area contributed by atoms with Crippen LogP contribution in [0.4, 0.5) is 0 Å². The molecule has 0 fully saturated rings. The van der Waals surface area contributed by atoms with E-state index in [4.69, 9.17) is 13.9 Å². The molecule has 0 saturated heterocycles. The summed E-state index contributed by atoms with van der Waals surface area (Å²) in [5, 5.41) is 12.4. The molecule has 0 aromatic heterocycles. The monoisotopic (exact) mass is 588 g/mol. The Bertz CT molecular complexity index is 1510. The SMILES string of the molecule is CC(C)(C)[Si](OCCC(C(O)c1ccc2c(c1)OCO2)S(=O)(=O)c1ccccc1)(c1ccccc1)c1ccccc1. The number of fused-ring (bicyclic) bond motifs is 1. The molecule has 4 aromatic rings. The lowest BCUT2D eigenvalue weighted by atomic mass is 10.0. The van der Waals surface area contributed by atoms with Gasteiger partial charge in [0.25, 0.3) is 8.32 Å². The zero-order valence-corrected chi connectivity index (χ0v) is 25.4. The van der Waals surface area contributed by atoms with Crippen LogP contribution in [0.2, 0.25) is 5.04 Å². The molecule has 1 aliphatic heterocycles. The van der Waals surface area contributed by atoms with E-state index in [1.54, 1.807) is 48.5 Å². The van der Waals surface area contributed by atoms with Crippen LogP contribution in [-0.2, 0) is 14.3 Å². The van der Waals surface area contributed by atoms with Crippen molar-refractivity contribution in [3.8, 4) is 11.5 Å². The zero-order valence-electron chi connectivity index (χ0n) is 23.6. The third kappa shape index (κ3) is 5.70. The van der Waals surface area contributed by atoms with Gasteiger partial charge in [0.1, 0.15) is 0 Å². The van der Waals surface area contributed by atoms with Crippen molar-refractivity contribution < 1.29 is 27.4 Å². The van der Waals surface area contributed by atoms with Crippen LogP contribution in [-0.4, -0.2) is 40.5 Å². The lowest BCUT2D eigenvalue weighted by Gasteiger charge is -2.43. The zero-order chi connectivity index (χ0) is 29.1. The summed E-state index contributed by atoms with van der Waals surface area (Å²) < 4.78 is 45.9. The Kier molecular flexibility index (Phi) is 8.38. The second-order valence-corrected chi connectivity index (χ2v) is 17.7. The number of sulfone groups is 1. The van der Waals surface area contributed by atoms with Gasteiger partial charge in [-0.05, 0) is 51.7 Å². The van der Waals surface area contributed by atoms with Crippen molar-refractivity contribution in [1.82, 2.24) is 0 Å². The molecule has 2 unspecified atom stereocenters. The van der Waals surface area contributed by atoms with Crippen LogP contribution in [0.5, 0.6) is 11.5 Å². The molecule has 5 rings (SSSR count). The van der Waals surface area contributed by atoms with Gasteiger partial charge in [0.2, 0.25) is 6.79 Å². The van der Waals surface area contributed by atoms with Crippen LogP contribution in [0.15, 0.2) is 114 Å². The summed E-state index contributed by atoms with van der Waals surface area (Å²) in [6, 6.07) is 33.8. The minimum Gasteiger partial charge on any atom is -0.454 e. The predicted molar refractivity (Wildman–Crippen MR) is 163 cm³/mol. The maximum atomic E-state index is 14.0. The van der Waals surface area contributed by atoms with Crippen molar-refractivity contribution in [3.05, 3.63) is 115 Å². The standard InChI is InChI=1S/C33H36O6SSi/c1-33(2,3)41(27-15-9-5-10-16-27,28-17-11-6-12-18-28)39-22-21-31(40(35,36)26-13-7-4-8-14-26)32(34)25-19-20-29-30(23-25)38-24-37-29/h4-20,23,31-32,34H,21-22,24H2,1-3H3. The van der Waals surface area contributed by atoms with Crippen molar-refractivity contribution in [3.63, 3.8) is 0 Å². The van der Waals surface area contributed by atoms with Crippen molar-refractivity contribution in [2.45, 2.75) is 48.5 Å². The van der Waals surface area contributed by atoms with Gasteiger partial charge in [0.05, 0.1) is 16.2 Å². The molecule has 1 aliphatic rings. The van der Waals surface area contributed by atoms with Gasteiger partial charge in [-0.2, -0.15) is 0 Å². The first-order valence-electron chi connectivity index (χ1n) is 13.8. The molecule has 6 nitrogen and oxygen atoms in total. The van der Waals surface area contributed by atoms with Gasteiger partial charge in [0, 0.05) is 6.61 Å². The fourth-order valence-electron chi connectivity index (χ4n) is 5.67. The Hall–Kier alpha value is -3.43. The van der Waals surface area contributed by atoms with E-state index in [-0.39, 0.29) is 29.8 Å². The largest absolute Gasteiger partial charge is 0.454 e. The highest BCUT2D eigenvalue weighted by atomic mass is 32.2. The molecular formula is C33H36O6SSi. The van der Waals surface area contributed by atoms with Crippen LogP contribution in [0.1, 0.15) is 38.9 Å². The van der Waals surface area contributed by atoms with Gasteiger partial charge < -0.3 is 19.0 Å². The van der Waals surface area contributed by atoms with Gasteiger partial charge in [0.15, 0.2) is 21.3 Å². The molecule has 0 amide bonds. The van der Waals surface area contributed by atoms with Crippen LogP contribution >= 0.6 is 0 Å². The third-order valence-corrected chi connectivity index (χ3v) is 15.0. The number of rotatable bonds is 10. The minimum atomic E-state index is -3.93. The smallest absolute Gasteiger partial charge is 0.261 e. The molecule has 2 atom stereocenters. The molecule has 0 aliphatic carbocycles. The average molecular weight is 589 g/mol. The number of hydrogen-bond donors (Lipinski definition) is 1. The molecule has 1 N–H and O–H groups in total. The van der Waals surface area contributed by atoms with Gasteiger partial charge in [-0.3, -0.25) is 0 Å². The molecule has 8 heteroatoms. The highest BCUT2D eigenvalue weighted by molar-refractivity contribution is 7.92. The third-order valence-electron chi connectivity index (χ3n) is 7.70. The molecular weight excluding hydrogens is 553 g/mol. The molecule has 41 heavy (non-hydrogen) atoms. The summed E-state index contributed by atoms with van der Waals surface area (Å²) in [4.78, 5) is 0.162. The Morgan fingerprint density at radius 2 is 1.34 bits per heavy atom. The number of hydrogen-bond acceptors (Lipinski definition) is 6. The van der Waals surface area contributed by atoms with Crippen LogP contribution < -0.4 is 19.8 Å². The Balaban J connectivity index is 1.52. The lowest BCUT2D eigenvalue weighted by molar-refractivity contribution is 0.155. The lowest BCUT2D eigenvalue weighted by Crippen LogP contribution is -2.66. The van der Waals surface area contributed by atoms with E-state index >= 15 is 0 Å². The molecule has 0 spiro atoms. The second kappa shape index (κ2) is 11.8. The Morgan fingerprint density at radius 1 is 0.805 bits per heavy atom. The van der Waals surface area contributed by atoms with Crippen molar-refractivity contribution in [2.24, 2.45) is 0 Å². The van der Waals surface area contributed by atoms with Gasteiger partial charge in [-0.1, -0.05) is 106 Å². The highest BCUT2D eigenvalue weighted by Crippen LogP contribution is 2.39. The number of aliphatic hydroxyl groups is 1. The summed E-state index contributed by atoms with van der Waals surface area (Å²) >= 11 is 0. The normalized spacial score (nSPS) is 14.9. The van der Waals surface area contributed by atoms with Crippen molar-refractivity contribution >= 4 is 28.5 Å². The van der Waals surface area contributed by atoms with Crippen molar-refractivity contribution in [1.29, 1.82) is 0 Å². The summed E-state index contributed by atoms with van der Waals surface area (Å²) in [7, 11) is -6.83. The summed E-state index contributed by atoms with van der Waals surface area (Å²) in [5.74, 6) is 1.06. The second-order valence-electron chi connectivity index (χ2n) is 11.3. The van der Waals surface area contributed by atoms with E-state index in [0.717, 1.165) is 10.4 Å². The quantitative estimate of drug-likeness (QED) is 0.255. The van der Waals surface area contributed by atoms with Gasteiger partial charge in [-0.25, -0.2) is 8.42 Å². The van der Waals surface area contributed by atoms with Gasteiger partial charge >= 0.3 is 0 Å². The fourth-order valence-corrected chi connectivity index (χ4v) is 12.0. The fraction of sp³-hybridized carbons (Fsp3) is 0.273.